The normalized spacial score (nSPS) is 22.5. The van der Waals surface area contributed by atoms with E-state index >= 15 is 0 Å². The number of anilines is 1. The maximum atomic E-state index is 11.1. The second-order valence-corrected chi connectivity index (χ2v) is 5.92. The summed E-state index contributed by atoms with van der Waals surface area (Å²) in [6, 6.07) is 5.50. The van der Waals surface area contributed by atoms with E-state index in [0.717, 1.165) is 24.2 Å². The van der Waals surface area contributed by atoms with Gasteiger partial charge in [0.1, 0.15) is 12.1 Å². The minimum atomic E-state index is -0.933. The van der Waals surface area contributed by atoms with Crippen LogP contribution in [0.4, 0.5) is 5.82 Å². The Labute approximate surface area is 123 Å². The highest BCUT2D eigenvalue weighted by molar-refractivity contribution is 5.96. The number of rotatable bonds is 2. The van der Waals surface area contributed by atoms with Gasteiger partial charge in [0.05, 0.1) is 11.1 Å². The maximum Gasteiger partial charge on any atom is 0.335 e. The van der Waals surface area contributed by atoms with E-state index in [1.165, 1.54) is 12.7 Å². The second kappa shape index (κ2) is 5.31. The van der Waals surface area contributed by atoms with Crippen molar-refractivity contribution in [2.75, 3.05) is 11.4 Å². The summed E-state index contributed by atoms with van der Waals surface area (Å²) >= 11 is 0. The van der Waals surface area contributed by atoms with E-state index in [1.807, 2.05) is 6.07 Å². The van der Waals surface area contributed by atoms with Gasteiger partial charge in [0.2, 0.25) is 0 Å². The van der Waals surface area contributed by atoms with Crippen LogP contribution in [0, 0.1) is 5.92 Å². The lowest BCUT2D eigenvalue weighted by Gasteiger charge is -2.38. The van der Waals surface area contributed by atoms with Gasteiger partial charge in [-0.15, -0.1) is 0 Å². The summed E-state index contributed by atoms with van der Waals surface area (Å²) in [5, 5.41) is 10.0. The average molecular weight is 285 g/mol. The van der Waals surface area contributed by atoms with Gasteiger partial charge in [-0.2, -0.15) is 0 Å². The minimum Gasteiger partial charge on any atom is -0.478 e. The van der Waals surface area contributed by atoms with Crippen molar-refractivity contribution in [1.82, 2.24) is 9.97 Å². The number of carboxylic acids is 1. The van der Waals surface area contributed by atoms with Crippen molar-refractivity contribution in [2.24, 2.45) is 5.92 Å². The summed E-state index contributed by atoms with van der Waals surface area (Å²) in [6.07, 6.45) is 3.92. The molecule has 1 aromatic carbocycles. The summed E-state index contributed by atoms with van der Waals surface area (Å²) in [5.74, 6) is 0.623. The zero-order chi connectivity index (χ0) is 15.0. The van der Waals surface area contributed by atoms with Crippen LogP contribution >= 0.6 is 0 Å². The summed E-state index contributed by atoms with van der Waals surface area (Å²) in [4.78, 5) is 22.1. The first-order valence-electron chi connectivity index (χ1n) is 7.31. The number of aromatic carboxylic acids is 1. The SMILES string of the molecule is CC1CCC(C)N(c2ncnc3cc(C(=O)O)ccc23)C1. The van der Waals surface area contributed by atoms with Crippen molar-refractivity contribution in [3.05, 3.63) is 30.1 Å². The lowest BCUT2D eigenvalue weighted by Crippen LogP contribution is -2.41. The quantitative estimate of drug-likeness (QED) is 0.919. The molecule has 0 saturated carbocycles. The molecule has 2 heterocycles. The van der Waals surface area contributed by atoms with Crippen LogP contribution in [0.1, 0.15) is 37.0 Å². The van der Waals surface area contributed by atoms with Crippen LogP contribution in [0.5, 0.6) is 0 Å². The Morgan fingerprint density at radius 2 is 2.10 bits per heavy atom. The first kappa shape index (κ1) is 13.8. The largest absolute Gasteiger partial charge is 0.478 e. The maximum absolute atomic E-state index is 11.1. The molecule has 3 rings (SSSR count). The Morgan fingerprint density at radius 1 is 1.29 bits per heavy atom. The highest BCUT2D eigenvalue weighted by Gasteiger charge is 2.25. The van der Waals surface area contributed by atoms with Crippen molar-refractivity contribution < 1.29 is 9.90 Å². The summed E-state index contributed by atoms with van der Waals surface area (Å²) in [6.45, 7) is 5.45. The molecule has 1 saturated heterocycles. The van der Waals surface area contributed by atoms with Gasteiger partial charge in [0, 0.05) is 18.0 Å². The molecule has 0 radical (unpaired) electrons. The Morgan fingerprint density at radius 3 is 2.86 bits per heavy atom. The van der Waals surface area contributed by atoms with E-state index in [0.29, 0.717) is 17.5 Å². The molecule has 1 aromatic heterocycles. The van der Waals surface area contributed by atoms with Gasteiger partial charge < -0.3 is 10.0 Å². The lowest BCUT2D eigenvalue weighted by molar-refractivity contribution is 0.0697. The van der Waals surface area contributed by atoms with Gasteiger partial charge >= 0.3 is 5.97 Å². The predicted octanol–water partition coefficient (Wildman–Crippen LogP) is 2.95. The van der Waals surface area contributed by atoms with Crippen LogP contribution in [0.15, 0.2) is 24.5 Å². The molecule has 5 nitrogen and oxygen atoms in total. The number of hydrogen-bond acceptors (Lipinski definition) is 4. The molecule has 5 heteroatoms. The number of carbonyl (C=O) groups is 1. The molecular weight excluding hydrogens is 266 g/mol. The zero-order valence-corrected chi connectivity index (χ0v) is 12.3. The summed E-state index contributed by atoms with van der Waals surface area (Å²) in [7, 11) is 0. The molecule has 21 heavy (non-hydrogen) atoms. The number of carboxylic acid groups (broad SMARTS) is 1. The molecule has 1 aliphatic heterocycles. The zero-order valence-electron chi connectivity index (χ0n) is 12.3. The Balaban J connectivity index is 2.08. The molecule has 2 unspecified atom stereocenters. The third-order valence-electron chi connectivity index (χ3n) is 4.25. The smallest absolute Gasteiger partial charge is 0.335 e. The van der Waals surface area contributed by atoms with E-state index < -0.39 is 5.97 Å². The van der Waals surface area contributed by atoms with Crippen molar-refractivity contribution in [3.8, 4) is 0 Å². The van der Waals surface area contributed by atoms with Gasteiger partial charge in [0.25, 0.3) is 0 Å². The van der Waals surface area contributed by atoms with Gasteiger partial charge in [-0.1, -0.05) is 6.92 Å². The molecule has 0 amide bonds. The Hall–Kier alpha value is -2.17. The summed E-state index contributed by atoms with van der Waals surface area (Å²) < 4.78 is 0. The number of nitrogens with zero attached hydrogens (tertiary/aromatic N) is 3. The number of benzene rings is 1. The third kappa shape index (κ3) is 2.55. The van der Waals surface area contributed by atoms with Crippen LogP contribution in [0.2, 0.25) is 0 Å². The molecule has 1 aliphatic rings. The van der Waals surface area contributed by atoms with E-state index in [-0.39, 0.29) is 5.56 Å². The molecule has 2 aromatic rings. The summed E-state index contributed by atoms with van der Waals surface area (Å²) in [5.41, 5.74) is 0.942. The van der Waals surface area contributed by atoms with E-state index in [1.54, 1.807) is 12.1 Å². The first-order valence-corrected chi connectivity index (χ1v) is 7.31. The van der Waals surface area contributed by atoms with Gasteiger partial charge in [-0.05, 0) is 43.9 Å². The Kier molecular flexibility index (Phi) is 3.49. The fourth-order valence-electron chi connectivity index (χ4n) is 2.99. The van der Waals surface area contributed by atoms with Crippen molar-refractivity contribution in [2.45, 2.75) is 32.7 Å². The third-order valence-corrected chi connectivity index (χ3v) is 4.25. The molecule has 1 N–H and O–H groups in total. The fourth-order valence-corrected chi connectivity index (χ4v) is 2.99. The van der Waals surface area contributed by atoms with Crippen LogP contribution in [0.3, 0.4) is 0 Å². The Bertz CT molecular complexity index is 686. The average Bonchev–Trinajstić information content (AvgIpc) is 2.48. The molecule has 2 atom stereocenters. The molecule has 110 valence electrons. The number of aromatic nitrogens is 2. The number of piperidine rings is 1. The lowest BCUT2D eigenvalue weighted by atomic mass is 9.94. The van der Waals surface area contributed by atoms with Gasteiger partial charge in [-0.25, -0.2) is 14.8 Å². The van der Waals surface area contributed by atoms with E-state index in [4.69, 9.17) is 5.11 Å². The molecule has 0 bridgehead atoms. The topological polar surface area (TPSA) is 66.3 Å². The number of fused-ring (bicyclic) bond motifs is 1. The highest BCUT2D eigenvalue weighted by Crippen LogP contribution is 2.30. The monoisotopic (exact) mass is 285 g/mol. The number of hydrogen-bond donors (Lipinski definition) is 1. The second-order valence-electron chi connectivity index (χ2n) is 5.92. The van der Waals surface area contributed by atoms with Crippen molar-refractivity contribution in [3.63, 3.8) is 0 Å². The van der Waals surface area contributed by atoms with E-state index in [9.17, 15) is 4.79 Å². The molecule has 0 spiro atoms. The molecule has 1 fully saturated rings. The van der Waals surface area contributed by atoms with Crippen LogP contribution in [-0.4, -0.2) is 33.6 Å². The molecule has 0 aliphatic carbocycles. The van der Waals surface area contributed by atoms with Crippen molar-refractivity contribution >= 4 is 22.7 Å². The molecular formula is C16H19N3O2. The van der Waals surface area contributed by atoms with Gasteiger partial charge in [0.15, 0.2) is 0 Å². The first-order chi connectivity index (χ1) is 10.1. The predicted molar refractivity (Wildman–Crippen MR) is 81.7 cm³/mol. The van der Waals surface area contributed by atoms with Crippen molar-refractivity contribution in [1.29, 1.82) is 0 Å². The van der Waals surface area contributed by atoms with Crippen LogP contribution in [-0.2, 0) is 0 Å². The highest BCUT2D eigenvalue weighted by atomic mass is 16.4. The van der Waals surface area contributed by atoms with Gasteiger partial charge in [-0.3, -0.25) is 0 Å². The van der Waals surface area contributed by atoms with Crippen LogP contribution < -0.4 is 4.90 Å². The van der Waals surface area contributed by atoms with Crippen LogP contribution in [0.25, 0.3) is 10.9 Å². The van der Waals surface area contributed by atoms with E-state index in [2.05, 4.69) is 28.7 Å². The standard InChI is InChI=1S/C16H19N3O2/c1-10-3-4-11(2)19(8-10)15-13-6-5-12(16(20)21)7-14(13)17-9-18-15/h5-7,9-11H,3-4,8H2,1-2H3,(H,20,21). The fraction of sp³-hybridized carbons (Fsp3) is 0.438. The minimum absolute atomic E-state index is 0.257.